The molecule has 174 valence electrons. The van der Waals surface area contributed by atoms with E-state index in [1.54, 1.807) is 7.05 Å². The molecular weight excluding hydrogens is 513 g/mol. The second kappa shape index (κ2) is 14.1. The molecule has 2 aromatic carbocycles. The molecule has 0 saturated carbocycles. The number of benzene rings is 2. The molecule has 3 N–H and O–H groups in total. The number of guanidine groups is 1. The van der Waals surface area contributed by atoms with Gasteiger partial charge < -0.3 is 16.0 Å². The van der Waals surface area contributed by atoms with Crippen LogP contribution in [0.1, 0.15) is 42.9 Å². The van der Waals surface area contributed by atoms with Crippen molar-refractivity contribution >= 4 is 41.5 Å². The van der Waals surface area contributed by atoms with E-state index in [1.165, 1.54) is 56.0 Å². The number of carbonyl (C=O) groups is 1. The largest absolute Gasteiger partial charge is 0.356 e. The predicted octanol–water partition coefficient (Wildman–Crippen LogP) is 4.16. The van der Waals surface area contributed by atoms with Crippen LogP contribution in [0.15, 0.2) is 53.5 Å². The molecule has 1 amide bonds. The summed E-state index contributed by atoms with van der Waals surface area (Å²) in [6.45, 7) is 6.56. The van der Waals surface area contributed by atoms with E-state index in [1.807, 2.05) is 24.3 Å². The van der Waals surface area contributed by atoms with Crippen molar-refractivity contribution in [3.8, 4) is 0 Å². The zero-order chi connectivity index (χ0) is 21.9. The fourth-order valence-corrected chi connectivity index (χ4v) is 3.83. The highest BCUT2D eigenvalue weighted by Gasteiger charge is 2.10. The van der Waals surface area contributed by atoms with Crippen molar-refractivity contribution in [2.75, 3.05) is 32.0 Å². The lowest BCUT2D eigenvalue weighted by Crippen LogP contribution is -2.37. The van der Waals surface area contributed by atoms with Gasteiger partial charge in [-0.3, -0.25) is 14.7 Å². The summed E-state index contributed by atoms with van der Waals surface area (Å²) in [6.07, 6.45) is 4.92. The number of aliphatic imine (C=N–C) groups is 1. The molecule has 6 nitrogen and oxygen atoms in total. The molecule has 0 radical (unpaired) electrons. The van der Waals surface area contributed by atoms with Crippen molar-refractivity contribution in [2.45, 2.75) is 45.7 Å². The highest BCUT2D eigenvalue weighted by molar-refractivity contribution is 14.0. The van der Waals surface area contributed by atoms with E-state index in [0.717, 1.165) is 37.7 Å². The van der Waals surface area contributed by atoms with E-state index in [9.17, 15) is 4.79 Å². The van der Waals surface area contributed by atoms with Gasteiger partial charge in [0.25, 0.3) is 0 Å². The Labute approximate surface area is 209 Å². The van der Waals surface area contributed by atoms with Gasteiger partial charge >= 0.3 is 0 Å². The van der Waals surface area contributed by atoms with Crippen molar-refractivity contribution < 1.29 is 4.79 Å². The lowest BCUT2D eigenvalue weighted by atomic mass is 10.1. The number of halogens is 1. The molecule has 7 heteroatoms. The summed E-state index contributed by atoms with van der Waals surface area (Å²) in [7, 11) is 1.79. The molecule has 0 spiro atoms. The van der Waals surface area contributed by atoms with Crippen LogP contribution >= 0.6 is 24.0 Å². The first-order valence-electron chi connectivity index (χ1n) is 11.2. The molecule has 2 aromatic rings. The summed E-state index contributed by atoms with van der Waals surface area (Å²) in [5, 5.41) is 9.53. The van der Waals surface area contributed by atoms with Gasteiger partial charge in [0.2, 0.25) is 5.91 Å². The third-order valence-corrected chi connectivity index (χ3v) is 5.54. The van der Waals surface area contributed by atoms with E-state index in [4.69, 9.17) is 0 Å². The first-order chi connectivity index (χ1) is 15.1. The van der Waals surface area contributed by atoms with Crippen LogP contribution in [0.25, 0.3) is 0 Å². The Morgan fingerprint density at radius 1 is 0.906 bits per heavy atom. The second-order valence-electron chi connectivity index (χ2n) is 8.13. The molecule has 0 aromatic heterocycles. The maximum atomic E-state index is 11.1. The summed E-state index contributed by atoms with van der Waals surface area (Å²) >= 11 is 0. The van der Waals surface area contributed by atoms with E-state index in [2.05, 4.69) is 50.1 Å². The van der Waals surface area contributed by atoms with Gasteiger partial charge in [-0.25, -0.2) is 0 Å². The average molecular weight is 550 g/mol. The number of carbonyl (C=O) groups excluding carboxylic acids is 1. The number of likely N-dealkylation sites (tertiary alicyclic amines) is 1. The van der Waals surface area contributed by atoms with Gasteiger partial charge in [0, 0.05) is 39.3 Å². The van der Waals surface area contributed by atoms with Gasteiger partial charge in [-0.05, 0) is 61.2 Å². The lowest BCUT2D eigenvalue weighted by molar-refractivity contribution is -0.114. The first-order valence-corrected chi connectivity index (χ1v) is 11.2. The van der Waals surface area contributed by atoms with Gasteiger partial charge in [-0.1, -0.05) is 42.8 Å². The third kappa shape index (κ3) is 9.16. The molecule has 1 saturated heterocycles. The molecule has 1 aliphatic heterocycles. The highest BCUT2D eigenvalue weighted by atomic mass is 127. The number of anilines is 1. The zero-order valence-electron chi connectivity index (χ0n) is 19.2. The molecule has 0 aliphatic carbocycles. The molecule has 1 fully saturated rings. The van der Waals surface area contributed by atoms with Crippen molar-refractivity contribution in [3.63, 3.8) is 0 Å². The number of hydrogen-bond acceptors (Lipinski definition) is 3. The number of hydrogen-bond donors (Lipinski definition) is 3. The molecule has 3 rings (SSSR count). The molecule has 0 bridgehead atoms. The second-order valence-corrected chi connectivity index (χ2v) is 8.13. The van der Waals surface area contributed by atoms with Crippen LogP contribution in [-0.2, 0) is 24.3 Å². The van der Waals surface area contributed by atoms with Crippen molar-refractivity contribution in [3.05, 3.63) is 65.2 Å². The van der Waals surface area contributed by atoms with Crippen LogP contribution in [0.2, 0.25) is 0 Å². The monoisotopic (exact) mass is 549 g/mol. The maximum Gasteiger partial charge on any atom is 0.221 e. The molecule has 0 atom stereocenters. The fraction of sp³-hybridized carbons (Fsp3) is 0.440. The molecule has 1 aliphatic rings. The minimum absolute atomic E-state index is 0. The van der Waals surface area contributed by atoms with E-state index in [0.29, 0.717) is 0 Å². The Kier molecular flexibility index (Phi) is 11.5. The molecule has 0 unspecified atom stereocenters. The summed E-state index contributed by atoms with van der Waals surface area (Å²) in [6, 6.07) is 16.8. The third-order valence-electron chi connectivity index (χ3n) is 5.54. The number of piperidine rings is 1. The van der Waals surface area contributed by atoms with Crippen LogP contribution in [0.3, 0.4) is 0 Å². The Morgan fingerprint density at radius 2 is 1.53 bits per heavy atom. The Hall–Kier alpha value is -2.13. The molecular formula is C25H36IN5O. The molecule has 1 heterocycles. The van der Waals surface area contributed by atoms with Crippen LogP contribution in [-0.4, -0.2) is 43.4 Å². The van der Waals surface area contributed by atoms with Gasteiger partial charge in [-0.2, -0.15) is 0 Å². The van der Waals surface area contributed by atoms with Crippen molar-refractivity contribution in [2.24, 2.45) is 4.99 Å². The number of nitrogens with zero attached hydrogens (tertiary/aromatic N) is 2. The van der Waals surface area contributed by atoms with E-state index in [-0.39, 0.29) is 29.9 Å². The van der Waals surface area contributed by atoms with Gasteiger partial charge in [0.15, 0.2) is 5.96 Å². The normalized spacial score (nSPS) is 14.4. The summed E-state index contributed by atoms with van der Waals surface area (Å²) in [5.74, 6) is 0.744. The topological polar surface area (TPSA) is 68.8 Å². The Balaban J connectivity index is 0.00000363. The highest BCUT2D eigenvalue weighted by Crippen LogP contribution is 2.14. The van der Waals surface area contributed by atoms with Gasteiger partial charge in [0.1, 0.15) is 0 Å². The van der Waals surface area contributed by atoms with E-state index >= 15 is 0 Å². The predicted molar refractivity (Wildman–Crippen MR) is 144 cm³/mol. The quantitative estimate of drug-likeness (QED) is 0.263. The number of rotatable bonds is 8. The summed E-state index contributed by atoms with van der Waals surface area (Å²) in [5.41, 5.74) is 4.67. The zero-order valence-corrected chi connectivity index (χ0v) is 21.5. The fourth-order valence-electron chi connectivity index (χ4n) is 3.83. The van der Waals surface area contributed by atoms with Crippen LogP contribution in [0.4, 0.5) is 5.69 Å². The standard InChI is InChI=1S/C25H35N5O.HI/c1-20(31)29-24-12-10-21(11-13-24)14-15-27-25(26-2)28-18-22-6-8-23(9-7-22)19-30-16-4-3-5-17-30;/h6-13H,3-5,14-19H2,1-2H3,(H,29,31)(H2,26,27,28);1H. The minimum atomic E-state index is -0.0547. The smallest absolute Gasteiger partial charge is 0.221 e. The van der Waals surface area contributed by atoms with Crippen LogP contribution in [0.5, 0.6) is 0 Å². The Morgan fingerprint density at radius 3 is 2.16 bits per heavy atom. The minimum Gasteiger partial charge on any atom is -0.356 e. The van der Waals surface area contributed by atoms with Crippen LogP contribution < -0.4 is 16.0 Å². The lowest BCUT2D eigenvalue weighted by Gasteiger charge is -2.26. The average Bonchev–Trinajstić information content (AvgIpc) is 2.78. The molecule has 32 heavy (non-hydrogen) atoms. The van der Waals surface area contributed by atoms with Gasteiger partial charge in [0.05, 0.1) is 0 Å². The SMILES string of the molecule is CN=C(NCCc1ccc(NC(C)=O)cc1)NCc1ccc(CN2CCCCC2)cc1.I. The maximum absolute atomic E-state index is 11.1. The first kappa shape index (κ1) is 26.1. The van der Waals surface area contributed by atoms with Gasteiger partial charge in [-0.15, -0.1) is 24.0 Å². The van der Waals surface area contributed by atoms with Crippen LogP contribution in [0, 0.1) is 0 Å². The van der Waals surface area contributed by atoms with E-state index < -0.39 is 0 Å². The van der Waals surface area contributed by atoms with Crippen molar-refractivity contribution in [1.82, 2.24) is 15.5 Å². The summed E-state index contributed by atoms with van der Waals surface area (Å²) < 4.78 is 0. The Bertz CT molecular complexity index is 846. The number of amides is 1. The summed E-state index contributed by atoms with van der Waals surface area (Å²) in [4.78, 5) is 18.0. The van der Waals surface area contributed by atoms with Crippen molar-refractivity contribution in [1.29, 1.82) is 0 Å². The number of nitrogens with one attached hydrogen (secondary N) is 3.